The fourth-order valence-corrected chi connectivity index (χ4v) is 6.65. The smallest absolute Gasteiger partial charge is 0.317 e. The van der Waals surface area contributed by atoms with Crippen LogP contribution in [0, 0.1) is 29.6 Å². The van der Waals surface area contributed by atoms with E-state index in [-0.39, 0.29) is 30.4 Å². The van der Waals surface area contributed by atoms with Crippen molar-refractivity contribution < 1.29 is 38.2 Å². The second-order valence-corrected chi connectivity index (χ2v) is 13.4. The van der Waals surface area contributed by atoms with Crippen LogP contribution in [0.15, 0.2) is 23.6 Å². The monoisotopic (exact) mass is 644 g/mol. The first kappa shape index (κ1) is 34.0. The first-order valence-corrected chi connectivity index (χ1v) is 15.6. The highest BCUT2D eigenvalue weighted by Crippen LogP contribution is 2.42. The van der Waals surface area contributed by atoms with Crippen LogP contribution < -0.4 is 5.73 Å². The molecule has 0 saturated carbocycles. The van der Waals surface area contributed by atoms with Gasteiger partial charge in [-0.1, -0.05) is 30.3 Å². The molecule has 2 aliphatic rings. The van der Waals surface area contributed by atoms with E-state index in [2.05, 4.69) is 25.3 Å². The third-order valence-corrected chi connectivity index (χ3v) is 9.74. The van der Waals surface area contributed by atoms with E-state index in [1.807, 2.05) is 6.92 Å². The highest BCUT2D eigenvalue weighted by atomic mass is 32.1. The normalized spacial score (nSPS) is 32.7. The lowest BCUT2D eigenvalue weighted by Crippen LogP contribution is -2.45. The molecule has 2 N–H and O–H groups in total. The largest absolute Gasteiger partial charge is 0.461 e. The Morgan fingerprint density at radius 1 is 1.07 bits per heavy atom. The van der Waals surface area contributed by atoms with Gasteiger partial charge in [-0.15, -0.1) is 10.2 Å². The average molecular weight is 645 g/mol. The van der Waals surface area contributed by atoms with E-state index in [9.17, 15) is 19.2 Å². The van der Waals surface area contributed by atoms with E-state index in [1.165, 1.54) is 25.4 Å². The second-order valence-electron chi connectivity index (χ2n) is 12.4. The second kappa shape index (κ2) is 13.6. The summed E-state index contributed by atoms with van der Waals surface area (Å²) in [5, 5.41) is 13.2. The highest BCUT2D eigenvalue weighted by molar-refractivity contribution is 7.14. The standard InChI is InChI=1S/C30H40N6O8S/c1-15-12-29(5,41-7)13-16(2)22(38)17(3)27(39)42-14-30(6)19(11-20(15)37)21(28(40)43-30)23(31)36-44-18(4)25-34-35-26(45-25)24-32-9-8-10-33-24/h8-10,15-19,21H,11-14H2,1-7H3,(H2,31,36)/t15-,16?,17?,18?,19?,21?,29-,30-/m1/s1. The summed E-state index contributed by atoms with van der Waals surface area (Å²) in [6, 6.07) is 1.69. The van der Waals surface area contributed by atoms with E-state index in [1.54, 1.807) is 46.2 Å². The number of Topliss-reactive ketones (excluding diaryl/α,β-unsaturated/α-hetero) is 2. The van der Waals surface area contributed by atoms with Crippen LogP contribution >= 0.6 is 11.3 Å². The fourth-order valence-electron chi connectivity index (χ4n) is 5.88. The number of hydrogen-bond donors (Lipinski definition) is 1. The molecule has 4 rings (SSSR count). The summed E-state index contributed by atoms with van der Waals surface area (Å²) in [5.41, 5.74) is 4.09. The SMILES string of the molecule is CO[C@@]1(C)CC(C)C(=O)C(C)C(=O)OC[C@@]2(C)OC(=O)C(/C(N)=N/OC(C)c3nnc(-c4ncccn4)s3)C2CC(=O)[C@H](C)C1. The Labute approximate surface area is 265 Å². The molecule has 2 aliphatic heterocycles. The summed E-state index contributed by atoms with van der Waals surface area (Å²) in [4.78, 5) is 66.9. The van der Waals surface area contributed by atoms with Crippen LogP contribution in [0.4, 0.5) is 0 Å². The van der Waals surface area contributed by atoms with Crippen molar-refractivity contribution in [2.45, 2.75) is 78.1 Å². The lowest BCUT2D eigenvalue weighted by molar-refractivity contribution is -0.168. The molecule has 2 aromatic rings. The predicted molar refractivity (Wildman–Crippen MR) is 161 cm³/mol. The number of hydrogen-bond acceptors (Lipinski definition) is 14. The Kier molecular flexibility index (Phi) is 10.3. The maximum Gasteiger partial charge on any atom is 0.317 e. The number of carbonyl (C=O) groups excluding carboxylic acids is 4. The number of nitrogens with zero attached hydrogens (tertiary/aromatic N) is 5. The Morgan fingerprint density at radius 2 is 1.73 bits per heavy atom. The summed E-state index contributed by atoms with van der Waals surface area (Å²) >= 11 is 1.21. The number of ether oxygens (including phenoxy) is 3. The molecule has 0 amide bonds. The van der Waals surface area contributed by atoms with Crippen molar-refractivity contribution in [1.82, 2.24) is 20.2 Å². The minimum atomic E-state index is -1.43. The van der Waals surface area contributed by atoms with Gasteiger partial charge in [0.25, 0.3) is 0 Å². The van der Waals surface area contributed by atoms with Crippen molar-refractivity contribution in [2.75, 3.05) is 13.7 Å². The number of esters is 2. The van der Waals surface area contributed by atoms with E-state index >= 15 is 0 Å². The minimum absolute atomic E-state index is 0.113. The van der Waals surface area contributed by atoms with Crippen LogP contribution in [-0.4, -0.2) is 74.4 Å². The van der Waals surface area contributed by atoms with Gasteiger partial charge in [-0.3, -0.25) is 19.2 Å². The topological polar surface area (TPSA) is 195 Å². The molecule has 2 aromatic heterocycles. The predicted octanol–water partition coefficient (Wildman–Crippen LogP) is 3.07. The van der Waals surface area contributed by atoms with Crippen molar-refractivity contribution in [3.05, 3.63) is 23.5 Å². The molecule has 2 fully saturated rings. The zero-order valence-electron chi connectivity index (χ0n) is 26.5. The van der Waals surface area contributed by atoms with Crippen molar-refractivity contribution in [3.63, 3.8) is 0 Å². The van der Waals surface area contributed by atoms with Crippen molar-refractivity contribution in [1.29, 1.82) is 0 Å². The van der Waals surface area contributed by atoms with Gasteiger partial charge in [0, 0.05) is 43.7 Å². The molecular weight excluding hydrogens is 604 g/mol. The number of cyclic esters (lactones) is 1. The van der Waals surface area contributed by atoms with Crippen molar-refractivity contribution >= 4 is 40.7 Å². The maximum absolute atomic E-state index is 13.6. The lowest BCUT2D eigenvalue weighted by Gasteiger charge is -2.35. The number of nitrogens with two attached hydrogens (primary N) is 1. The van der Waals surface area contributed by atoms with Crippen LogP contribution in [-0.2, 0) is 38.2 Å². The van der Waals surface area contributed by atoms with E-state index in [0.29, 0.717) is 28.7 Å². The molecule has 0 radical (unpaired) electrons. The number of amidine groups is 1. The minimum Gasteiger partial charge on any atom is -0.461 e. The zero-order valence-corrected chi connectivity index (χ0v) is 27.3. The number of carbonyl (C=O) groups is 4. The van der Waals surface area contributed by atoms with Crippen molar-refractivity contribution in [2.24, 2.45) is 40.5 Å². The average Bonchev–Trinajstić information content (AvgIpc) is 3.60. The summed E-state index contributed by atoms with van der Waals surface area (Å²) in [6.07, 6.45) is 3.02. The summed E-state index contributed by atoms with van der Waals surface area (Å²) < 4.78 is 17.0. The summed E-state index contributed by atoms with van der Waals surface area (Å²) in [6.45, 7) is 9.73. The van der Waals surface area contributed by atoms with Crippen LogP contribution in [0.25, 0.3) is 10.8 Å². The van der Waals surface area contributed by atoms with E-state index in [4.69, 9.17) is 24.8 Å². The molecular formula is C30H40N6O8S. The first-order chi connectivity index (χ1) is 21.2. The van der Waals surface area contributed by atoms with Gasteiger partial charge >= 0.3 is 11.9 Å². The Hall–Kier alpha value is -3.85. The Morgan fingerprint density at radius 3 is 2.40 bits per heavy atom. The van der Waals surface area contributed by atoms with Gasteiger partial charge in [0.1, 0.15) is 35.6 Å². The van der Waals surface area contributed by atoms with Gasteiger partial charge < -0.3 is 24.8 Å². The summed E-state index contributed by atoms with van der Waals surface area (Å²) in [7, 11) is 1.53. The van der Waals surface area contributed by atoms with Gasteiger partial charge in [0.2, 0.25) is 0 Å². The molecule has 15 heteroatoms. The van der Waals surface area contributed by atoms with Crippen molar-refractivity contribution in [3.8, 4) is 10.8 Å². The van der Waals surface area contributed by atoms with Crippen LogP contribution in [0.5, 0.6) is 0 Å². The Bertz CT molecular complexity index is 1450. The molecule has 244 valence electrons. The quantitative estimate of drug-likeness (QED) is 0.159. The summed E-state index contributed by atoms with van der Waals surface area (Å²) in [5.74, 6) is -5.82. The molecule has 4 heterocycles. The third kappa shape index (κ3) is 7.52. The van der Waals surface area contributed by atoms with Crippen LogP contribution in [0.2, 0.25) is 0 Å². The number of methoxy groups -OCH3 is 1. The van der Waals surface area contributed by atoms with Gasteiger partial charge in [-0.05, 0) is 46.6 Å². The molecule has 2 saturated heterocycles. The van der Waals surface area contributed by atoms with Gasteiger partial charge in [0.05, 0.1) is 5.60 Å². The van der Waals surface area contributed by atoms with Crippen LogP contribution in [0.3, 0.4) is 0 Å². The van der Waals surface area contributed by atoms with Gasteiger partial charge in [-0.25, -0.2) is 9.97 Å². The Balaban J connectivity index is 1.59. The number of fused-ring (bicyclic) bond motifs is 1. The fraction of sp³-hybridized carbons (Fsp3) is 0.633. The highest BCUT2D eigenvalue weighted by Gasteiger charge is 2.56. The lowest BCUT2D eigenvalue weighted by atomic mass is 9.75. The molecule has 0 aliphatic carbocycles. The maximum atomic E-state index is 13.6. The van der Waals surface area contributed by atoms with E-state index < -0.39 is 58.8 Å². The molecule has 45 heavy (non-hydrogen) atoms. The molecule has 14 nitrogen and oxygen atoms in total. The number of rotatable bonds is 6. The number of aromatic nitrogens is 4. The molecule has 0 aromatic carbocycles. The van der Waals surface area contributed by atoms with Gasteiger partial charge in [-0.2, -0.15) is 0 Å². The molecule has 0 bridgehead atoms. The number of ketones is 2. The zero-order chi connectivity index (χ0) is 33.1. The molecule has 8 atom stereocenters. The van der Waals surface area contributed by atoms with Gasteiger partial charge in [0.15, 0.2) is 27.8 Å². The van der Waals surface area contributed by atoms with Crippen LogP contribution in [0.1, 0.15) is 71.9 Å². The van der Waals surface area contributed by atoms with E-state index in [0.717, 1.165) is 0 Å². The molecule has 0 spiro atoms. The first-order valence-electron chi connectivity index (χ1n) is 14.8. The third-order valence-electron chi connectivity index (χ3n) is 8.66. The molecule has 5 unspecified atom stereocenters. The number of oxime groups is 1.